The van der Waals surface area contributed by atoms with Gasteiger partial charge >= 0.3 is 0 Å². The van der Waals surface area contributed by atoms with Gasteiger partial charge in [0.1, 0.15) is 5.75 Å². The Bertz CT molecular complexity index is 1550. The molecule has 0 aliphatic rings. The van der Waals surface area contributed by atoms with Crippen LogP contribution in [-0.2, 0) is 0 Å². The Labute approximate surface area is 172 Å². The molecule has 0 saturated carbocycles. The highest BCUT2D eigenvalue weighted by Crippen LogP contribution is 2.43. The van der Waals surface area contributed by atoms with Gasteiger partial charge in [-0.1, -0.05) is 48.5 Å². The number of nitrogens with zero attached hydrogens (tertiary/aromatic N) is 1. The molecule has 0 N–H and O–H groups in total. The van der Waals surface area contributed by atoms with Crippen LogP contribution in [0.5, 0.6) is 5.75 Å². The van der Waals surface area contributed by atoms with Crippen LogP contribution >= 0.6 is 11.3 Å². The minimum atomic E-state index is 0.884. The Kier molecular flexibility index (Phi) is 3.58. The number of hydrogen-bond donors (Lipinski definition) is 0. The lowest BCUT2D eigenvalue weighted by Crippen LogP contribution is -1.84. The van der Waals surface area contributed by atoms with E-state index in [1.165, 1.54) is 41.9 Å². The standard InChI is InChI=1S/C26H17NOS/c1-28-17-11-12-20-21(14-17)18-7-3-4-8-19(18)22-15-25(29-26(20)22)24-13-10-16-6-2-5-9-23(16)27-24/h2-15H,1H3. The highest BCUT2D eigenvalue weighted by molar-refractivity contribution is 7.23. The van der Waals surface area contributed by atoms with Crippen LogP contribution in [0.3, 0.4) is 0 Å². The average Bonchev–Trinajstić information content (AvgIpc) is 3.24. The van der Waals surface area contributed by atoms with E-state index in [9.17, 15) is 0 Å². The van der Waals surface area contributed by atoms with Gasteiger partial charge in [-0.05, 0) is 52.6 Å². The van der Waals surface area contributed by atoms with E-state index in [2.05, 4.69) is 72.8 Å². The molecule has 6 aromatic rings. The first-order valence-corrected chi connectivity index (χ1v) is 10.4. The molecule has 0 amide bonds. The minimum Gasteiger partial charge on any atom is -0.497 e. The molecule has 2 heterocycles. The maximum absolute atomic E-state index is 5.49. The highest BCUT2D eigenvalue weighted by atomic mass is 32.1. The van der Waals surface area contributed by atoms with Crippen LogP contribution in [-0.4, -0.2) is 12.1 Å². The van der Waals surface area contributed by atoms with E-state index < -0.39 is 0 Å². The van der Waals surface area contributed by atoms with E-state index in [0.717, 1.165) is 17.0 Å². The first-order chi connectivity index (χ1) is 14.3. The lowest BCUT2D eigenvalue weighted by atomic mass is 9.98. The summed E-state index contributed by atoms with van der Waals surface area (Å²) in [6.07, 6.45) is 0. The number of fused-ring (bicyclic) bond motifs is 7. The quantitative estimate of drug-likeness (QED) is 0.286. The maximum Gasteiger partial charge on any atom is 0.119 e. The Hall–Kier alpha value is -3.43. The number of pyridine rings is 1. The molecule has 138 valence electrons. The second-order valence-corrected chi connectivity index (χ2v) is 8.25. The number of para-hydroxylation sites is 1. The van der Waals surface area contributed by atoms with Crippen LogP contribution < -0.4 is 4.74 Å². The number of ether oxygens (including phenoxy) is 1. The van der Waals surface area contributed by atoms with Crippen molar-refractivity contribution in [1.82, 2.24) is 4.98 Å². The van der Waals surface area contributed by atoms with Crippen molar-refractivity contribution in [2.45, 2.75) is 0 Å². The van der Waals surface area contributed by atoms with Gasteiger partial charge in [-0.15, -0.1) is 11.3 Å². The molecular formula is C26H17NOS. The van der Waals surface area contributed by atoms with E-state index in [1.54, 1.807) is 7.11 Å². The normalized spacial score (nSPS) is 11.6. The molecule has 0 saturated heterocycles. The zero-order valence-electron chi connectivity index (χ0n) is 15.8. The molecule has 0 aliphatic heterocycles. The van der Waals surface area contributed by atoms with E-state index >= 15 is 0 Å². The summed E-state index contributed by atoms with van der Waals surface area (Å²) < 4.78 is 6.79. The number of benzene rings is 4. The summed E-state index contributed by atoms with van der Waals surface area (Å²) in [6, 6.07) is 29.8. The molecule has 0 spiro atoms. The third-order valence-corrected chi connectivity index (χ3v) is 6.75. The molecule has 0 fully saturated rings. The fraction of sp³-hybridized carbons (Fsp3) is 0.0385. The SMILES string of the molecule is COc1ccc2c(c1)c1ccccc1c1cc(-c3ccc4ccccc4n3)sc21. The smallest absolute Gasteiger partial charge is 0.119 e. The third-order valence-electron chi connectivity index (χ3n) is 5.56. The van der Waals surface area contributed by atoms with Crippen LogP contribution in [0.2, 0.25) is 0 Å². The molecule has 0 bridgehead atoms. The van der Waals surface area contributed by atoms with Crippen molar-refractivity contribution in [3.8, 4) is 16.3 Å². The Balaban J connectivity index is 1.70. The topological polar surface area (TPSA) is 22.1 Å². The zero-order valence-corrected chi connectivity index (χ0v) is 16.7. The predicted octanol–water partition coefficient (Wildman–Crippen LogP) is 7.43. The highest BCUT2D eigenvalue weighted by Gasteiger charge is 2.14. The van der Waals surface area contributed by atoms with Gasteiger partial charge < -0.3 is 4.74 Å². The number of methoxy groups -OCH3 is 1. The number of hydrogen-bond acceptors (Lipinski definition) is 3. The summed E-state index contributed by atoms with van der Waals surface area (Å²) in [5, 5.41) is 7.47. The molecule has 2 aromatic heterocycles. The Morgan fingerprint density at radius 2 is 1.48 bits per heavy atom. The van der Waals surface area contributed by atoms with Crippen molar-refractivity contribution in [2.24, 2.45) is 0 Å². The Morgan fingerprint density at radius 1 is 0.690 bits per heavy atom. The predicted molar refractivity (Wildman–Crippen MR) is 124 cm³/mol. The third kappa shape index (κ3) is 2.51. The second kappa shape index (κ2) is 6.29. The average molecular weight is 391 g/mol. The largest absolute Gasteiger partial charge is 0.497 e. The van der Waals surface area contributed by atoms with Crippen LogP contribution in [0.15, 0.2) is 84.9 Å². The van der Waals surface area contributed by atoms with Gasteiger partial charge in [0.05, 0.1) is 23.2 Å². The summed E-state index contributed by atoms with van der Waals surface area (Å²) in [5.74, 6) is 0.884. The molecule has 0 atom stereocenters. The van der Waals surface area contributed by atoms with E-state index in [1.807, 2.05) is 23.5 Å². The maximum atomic E-state index is 5.49. The van der Waals surface area contributed by atoms with Crippen LogP contribution in [0.1, 0.15) is 0 Å². The Morgan fingerprint density at radius 3 is 2.34 bits per heavy atom. The van der Waals surface area contributed by atoms with Gasteiger partial charge in [-0.3, -0.25) is 0 Å². The van der Waals surface area contributed by atoms with Crippen molar-refractivity contribution in [3.63, 3.8) is 0 Å². The monoisotopic (exact) mass is 391 g/mol. The summed E-state index contributed by atoms with van der Waals surface area (Å²) in [7, 11) is 1.72. The molecule has 29 heavy (non-hydrogen) atoms. The molecule has 4 aromatic carbocycles. The lowest BCUT2D eigenvalue weighted by molar-refractivity contribution is 0.415. The van der Waals surface area contributed by atoms with Gasteiger partial charge in [0.2, 0.25) is 0 Å². The lowest BCUT2D eigenvalue weighted by Gasteiger charge is -2.08. The van der Waals surface area contributed by atoms with Gasteiger partial charge in [-0.25, -0.2) is 4.98 Å². The molecule has 2 nitrogen and oxygen atoms in total. The molecule has 0 aliphatic carbocycles. The fourth-order valence-corrected chi connectivity index (χ4v) is 5.33. The molecule has 3 heteroatoms. The van der Waals surface area contributed by atoms with Crippen molar-refractivity contribution in [3.05, 3.63) is 84.9 Å². The van der Waals surface area contributed by atoms with Crippen molar-refractivity contribution in [1.29, 1.82) is 0 Å². The van der Waals surface area contributed by atoms with Gasteiger partial charge in [0, 0.05) is 20.9 Å². The van der Waals surface area contributed by atoms with Gasteiger partial charge in [0.25, 0.3) is 0 Å². The summed E-state index contributed by atoms with van der Waals surface area (Å²) in [5.41, 5.74) is 2.05. The van der Waals surface area contributed by atoms with Crippen molar-refractivity contribution < 1.29 is 4.74 Å². The molecule has 6 rings (SSSR count). The minimum absolute atomic E-state index is 0.884. The van der Waals surface area contributed by atoms with Crippen LogP contribution in [0, 0.1) is 0 Å². The molecule has 0 radical (unpaired) electrons. The van der Waals surface area contributed by atoms with Crippen LogP contribution in [0.4, 0.5) is 0 Å². The molecule has 0 unspecified atom stereocenters. The van der Waals surface area contributed by atoms with E-state index in [4.69, 9.17) is 9.72 Å². The van der Waals surface area contributed by atoms with Gasteiger partial charge in [-0.2, -0.15) is 0 Å². The summed E-state index contributed by atoms with van der Waals surface area (Å²) >= 11 is 1.81. The number of aromatic nitrogens is 1. The number of thiophene rings is 1. The summed E-state index contributed by atoms with van der Waals surface area (Å²) in [6.45, 7) is 0. The zero-order chi connectivity index (χ0) is 19.4. The van der Waals surface area contributed by atoms with E-state index in [0.29, 0.717) is 0 Å². The van der Waals surface area contributed by atoms with Crippen LogP contribution in [0.25, 0.3) is 53.1 Å². The molecular weight excluding hydrogens is 374 g/mol. The summed E-state index contributed by atoms with van der Waals surface area (Å²) in [4.78, 5) is 6.11. The van der Waals surface area contributed by atoms with E-state index in [-0.39, 0.29) is 0 Å². The number of rotatable bonds is 2. The first kappa shape index (κ1) is 16.5. The van der Waals surface area contributed by atoms with Crippen molar-refractivity contribution in [2.75, 3.05) is 7.11 Å². The first-order valence-electron chi connectivity index (χ1n) is 9.60. The van der Waals surface area contributed by atoms with Crippen molar-refractivity contribution >= 4 is 53.9 Å². The second-order valence-electron chi connectivity index (χ2n) is 7.20. The van der Waals surface area contributed by atoms with Gasteiger partial charge in [0.15, 0.2) is 0 Å². The fourth-order valence-electron chi connectivity index (χ4n) is 4.14.